The van der Waals surface area contributed by atoms with Crippen LogP contribution in [0.2, 0.25) is 0 Å². The second kappa shape index (κ2) is 7.80. The Morgan fingerprint density at radius 3 is 2.69 bits per heavy atom. The first-order chi connectivity index (χ1) is 14.9. The lowest BCUT2D eigenvalue weighted by Gasteiger charge is -2.58. The summed E-state index contributed by atoms with van der Waals surface area (Å²) in [6.45, 7) is 11.1. The lowest BCUT2D eigenvalue weighted by Crippen LogP contribution is -2.51. The van der Waals surface area contributed by atoms with Gasteiger partial charge in [-0.15, -0.1) is 0 Å². The molecule has 0 radical (unpaired) electrons. The molecule has 0 aromatic heterocycles. The number of carboxylic acid groups (broad SMARTS) is 1. The number of epoxide rings is 1. The van der Waals surface area contributed by atoms with Crippen LogP contribution in [0.25, 0.3) is 0 Å². The topological polar surface area (TPSA) is 113 Å². The van der Waals surface area contributed by atoms with Crippen molar-refractivity contribution in [2.75, 3.05) is 6.61 Å². The number of ketones is 1. The molecule has 0 amide bonds. The number of rotatable bonds is 6. The molecule has 0 spiro atoms. The molecule has 1 aliphatic heterocycles. The van der Waals surface area contributed by atoms with E-state index in [1.165, 1.54) is 18.1 Å². The summed E-state index contributed by atoms with van der Waals surface area (Å²) in [6.07, 6.45) is 4.88. The van der Waals surface area contributed by atoms with E-state index in [4.69, 9.17) is 14.6 Å². The highest BCUT2D eigenvalue weighted by atomic mass is 16.6. The van der Waals surface area contributed by atoms with Gasteiger partial charge in [0.25, 0.3) is 0 Å². The molecular weight excluding hydrogens is 412 g/mol. The third-order valence-electron chi connectivity index (χ3n) is 8.66. The van der Waals surface area contributed by atoms with E-state index in [9.17, 15) is 19.5 Å². The standard InChI is InChI=1S/C25H34O7/c1-14-6-7-17-23(2,3)8-5-9-24(17,4)16(14)12-25-18(26)10-15(21(30)22(25)32-25)13-31-20(29)11-19(27)28/h10,16-17,21-22,30H,1,5-9,11-13H2,2-4H3,(H,27,28). The summed E-state index contributed by atoms with van der Waals surface area (Å²) in [7, 11) is 0. The molecule has 1 heterocycles. The SMILES string of the molecule is C=C1CCC2C(C)(C)CCCC2(C)C1CC12OC1C(O)C(COC(=O)CC(=O)O)=CC2=O. The van der Waals surface area contributed by atoms with Gasteiger partial charge in [-0.25, -0.2) is 0 Å². The first-order valence-electron chi connectivity index (χ1n) is 11.6. The van der Waals surface area contributed by atoms with Crippen molar-refractivity contribution in [1.29, 1.82) is 0 Å². The van der Waals surface area contributed by atoms with Crippen molar-refractivity contribution in [3.63, 3.8) is 0 Å². The van der Waals surface area contributed by atoms with E-state index in [1.807, 2.05) is 0 Å². The maximum absolute atomic E-state index is 13.1. The van der Waals surface area contributed by atoms with E-state index < -0.39 is 36.2 Å². The Morgan fingerprint density at radius 2 is 2.00 bits per heavy atom. The molecule has 6 unspecified atom stereocenters. The Hall–Kier alpha value is -1.99. The van der Waals surface area contributed by atoms with Gasteiger partial charge in [0, 0.05) is 5.57 Å². The van der Waals surface area contributed by atoms with Crippen LogP contribution in [0.3, 0.4) is 0 Å². The van der Waals surface area contributed by atoms with Crippen LogP contribution < -0.4 is 0 Å². The minimum Gasteiger partial charge on any atom is -0.481 e. The maximum atomic E-state index is 13.1. The van der Waals surface area contributed by atoms with Gasteiger partial charge in [0.15, 0.2) is 11.4 Å². The summed E-state index contributed by atoms with van der Waals surface area (Å²) >= 11 is 0. The molecule has 4 rings (SSSR count). The fourth-order valence-electron chi connectivity index (χ4n) is 6.97. The van der Waals surface area contributed by atoms with E-state index in [0.29, 0.717) is 12.3 Å². The molecule has 1 saturated heterocycles. The van der Waals surface area contributed by atoms with Crippen LogP contribution in [-0.4, -0.2) is 52.4 Å². The minimum atomic E-state index is -1.29. The zero-order valence-corrected chi connectivity index (χ0v) is 19.2. The van der Waals surface area contributed by atoms with E-state index in [2.05, 4.69) is 27.4 Å². The summed E-state index contributed by atoms with van der Waals surface area (Å²) in [5, 5.41) is 19.4. The highest BCUT2D eigenvalue weighted by molar-refractivity contribution is 6.02. The third kappa shape index (κ3) is 3.73. The molecule has 0 aromatic rings. The number of aliphatic carboxylic acids is 1. The number of aliphatic hydroxyl groups excluding tert-OH is 1. The first-order valence-corrected chi connectivity index (χ1v) is 11.6. The number of carbonyl (C=O) groups is 3. The third-order valence-corrected chi connectivity index (χ3v) is 8.66. The second-order valence-corrected chi connectivity index (χ2v) is 11.0. The van der Waals surface area contributed by atoms with Crippen LogP contribution in [0.15, 0.2) is 23.8 Å². The van der Waals surface area contributed by atoms with Crippen LogP contribution in [0.1, 0.15) is 65.7 Å². The average Bonchev–Trinajstić information content (AvgIpc) is 3.42. The van der Waals surface area contributed by atoms with Crippen molar-refractivity contribution in [2.45, 2.75) is 83.5 Å². The van der Waals surface area contributed by atoms with E-state index in [0.717, 1.165) is 25.7 Å². The highest BCUT2D eigenvalue weighted by Gasteiger charge is 2.69. The lowest BCUT2D eigenvalue weighted by atomic mass is 9.46. The predicted molar refractivity (Wildman–Crippen MR) is 116 cm³/mol. The molecule has 2 N–H and O–H groups in total. The van der Waals surface area contributed by atoms with Gasteiger partial charge < -0.3 is 19.7 Å². The second-order valence-electron chi connectivity index (χ2n) is 11.0. The number of ether oxygens (including phenoxy) is 2. The summed E-state index contributed by atoms with van der Waals surface area (Å²) in [6, 6.07) is 0. The maximum Gasteiger partial charge on any atom is 0.317 e. The number of hydrogen-bond acceptors (Lipinski definition) is 6. The number of carboxylic acids is 1. The largest absolute Gasteiger partial charge is 0.481 e. The van der Waals surface area contributed by atoms with E-state index in [1.54, 1.807) is 0 Å². The van der Waals surface area contributed by atoms with Crippen LogP contribution >= 0.6 is 0 Å². The van der Waals surface area contributed by atoms with Crippen molar-refractivity contribution in [2.24, 2.45) is 22.7 Å². The van der Waals surface area contributed by atoms with Crippen molar-refractivity contribution >= 4 is 17.7 Å². The summed E-state index contributed by atoms with van der Waals surface area (Å²) < 4.78 is 10.8. The van der Waals surface area contributed by atoms with Crippen molar-refractivity contribution in [1.82, 2.24) is 0 Å². The van der Waals surface area contributed by atoms with Crippen LogP contribution in [0.4, 0.5) is 0 Å². The average molecular weight is 447 g/mol. The predicted octanol–water partition coefficient (Wildman–Crippen LogP) is 3.20. The van der Waals surface area contributed by atoms with Gasteiger partial charge >= 0.3 is 11.9 Å². The van der Waals surface area contributed by atoms with Gasteiger partial charge in [-0.05, 0) is 60.8 Å². The molecule has 6 atom stereocenters. The molecular formula is C25H34O7. The van der Waals surface area contributed by atoms with Gasteiger partial charge in [-0.3, -0.25) is 14.4 Å². The monoisotopic (exact) mass is 446 g/mol. The van der Waals surface area contributed by atoms with E-state index in [-0.39, 0.29) is 34.7 Å². The first kappa shape index (κ1) is 23.2. The number of allylic oxidation sites excluding steroid dienone is 1. The Morgan fingerprint density at radius 1 is 1.28 bits per heavy atom. The molecule has 0 aromatic carbocycles. The Kier molecular flexibility index (Phi) is 5.65. The van der Waals surface area contributed by atoms with Gasteiger partial charge in [0.05, 0.1) is 0 Å². The number of fused-ring (bicyclic) bond motifs is 2. The lowest BCUT2D eigenvalue weighted by molar-refractivity contribution is -0.150. The van der Waals surface area contributed by atoms with Gasteiger partial charge in [-0.2, -0.15) is 0 Å². The normalized spacial score (nSPS) is 40.1. The number of hydrogen-bond donors (Lipinski definition) is 2. The zero-order chi connectivity index (χ0) is 23.5. The molecule has 2 saturated carbocycles. The molecule has 4 aliphatic rings. The molecule has 176 valence electrons. The highest BCUT2D eigenvalue weighted by Crippen LogP contribution is 2.64. The Labute approximate surface area is 188 Å². The van der Waals surface area contributed by atoms with Gasteiger partial charge in [0.2, 0.25) is 0 Å². The summed E-state index contributed by atoms with van der Waals surface area (Å²) in [5.41, 5.74) is 0.663. The Bertz CT molecular complexity index is 887. The zero-order valence-electron chi connectivity index (χ0n) is 19.2. The molecule has 32 heavy (non-hydrogen) atoms. The van der Waals surface area contributed by atoms with Crippen LogP contribution in [0.5, 0.6) is 0 Å². The van der Waals surface area contributed by atoms with Crippen molar-refractivity contribution < 1.29 is 34.1 Å². The summed E-state index contributed by atoms with van der Waals surface area (Å²) in [4.78, 5) is 35.3. The summed E-state index contributed by atoms with van der Waals surface area (Å²) in [5.74, 6) is -1.73. The van der Waals surface area contributed by atoms with Gasteiger partial charge in [0.1, 0.15) is 25.2 Å². The smallest absolute Gasteiger partial charge is 0.317 e. The minimum absolute atomic E-state index is 0.0456. The number of esters is 1. The molecule has 7 heteroatoms. The molecule has 3 fully saturated rings. The van der Waals surface area contributed by atoms with Crippen LogP contribution in [0, 0.1) is 22.7 Å². The van der Waals surface area contributed by atoms with E-state index >= 15 is 0 Å². The Balaban J connectivity index is 1.51. The quantitative estimate of drug-likeness (QED) is 0.279. The van der Waals surface area contributed by atoms with Crippen molar-refractivity contribution in [3.05, 3.63) is 23.8 Å². The fourth-order valence-corrected chi connectivity index (χ4v) is 6.97. The molecule has 0 bridgehead atoms. The number of aliphatic hydroxyl groups is 1. The number of carbonyl (C=O) groups excluding carboxylic acids is 2. The molecule has 7 nitrogen and oxygen atoms in total. The fraction of sp³-hybridized carbons (Fsp3) is 0.720. The van der Waals surface area contributed by atoms with Crippen molar-refractivity contribution in [3.8, 4) is 0 Å². The van der Waals surface area contributed by atoms with Crippen LogP contribution in [-0.2, 0) is 23.9 Å². The molecule has 3 aliphatic carbocycles. The van der Waals surface area contributed by atoms with Gasteiger partial charge in [-0.1, -0.05) is 39.3 Å².